The van der Waals surface area contributed by atoms with Crippen molar-refractivity contribution < 1.29 is 14.3 Å². The zero-order valence-electron chi connectivity index (χ0n) is 16.8. The monoisotopic (exact) mass is 410 g/mol. The number of amides is 2. The summed E-state index contributed by atoms with van der Waals surface area (Å²) in [5.41, 5.74) is 7.20. The first kappa shape index (κ1) is 20.1. The van der Waals surface area contributed by atoms with Crippen molar-refractivity contribution in [1.29, 1.82) is 0 Å². The number of aromatic nitrogens is 1. The van der Waals surface area contributed by atoms with E-state index in [2.05, 4.69) is 20.5 Å². The van der Waals surface area contributed by atoms with Gasteiger partial charge in [0.15, 0.2) is 0 Å². The van der Waals surface area contributed by atoms with Crippen molar-refractivity contribution >= 4 is 29.1 Å². The Kier molecular flexibility index (Phi) is 6.10. The van der Waals surface area contributed by atoms with E-state index in [0.717, 1.165) is 37.7 Å². The molecular weight excluding hydrogens is 384 g/mol. The largest absolute Gasteiger partial charge is 0.378 e. The van der Waals surface area contributed by atoms with Crippen LogP contribution in [-0.4, -0.2) is 74.2 Å². The van der Waals surface area contributed by atoms with Gasteiger partial charge < -0.3 is 30.9 Å². The smallest absolute Gasteiger partial charge is 0.254 e. The van der Waals surface area contributed by atoms with Gasteiger partial charge in [-0.05, 0) is 36.4 Å². The summed E-state index contributed by atoms with van der Waals surface area (Å²) in [6, 6.07) is 10.7. The highest BCUT2D eigenvalue weighted by atomic mass is 16.5. The molecule has 9 nitrogen and oxygen atoms in total. The molecule has 0 spiro atoms. The third-order valence-electron chi connectivity index (χ3n) is 5.28. The van der Waals surface area contributed by atoms with E-state index in [9.17, 15) is 9.59 Å². The molecule has 0 radical (unpaired) electrons. The molecule has 30 heavy (non-hydrogen) atoms. The number of nitrogens with one attached hydrogen (secondary N) is 2. The number of ether oxygens (including phenoxy) is 1. The van der Waals surface area contributed by atoms with E-state index in [0.29, 0.717) is 43.2 Å². The molecule has 2 aliphatic heterocycles. The van der Waals surface area contributed by atoms with E-state index >= 15 is 0 Å². The number of primary amides is 1. The van der Waals surface area contributed by atoms with Crippen LogP contribution in [0, 0.1) is 0 Å². The first-order valence-electron chi connectivity index (χ1n) is 10.1. The van der Waals surface area contributed by atoms with Gasteiger partial charge in [0, 0.05) is 50.5 Å². The van der Waals surface area contributed by atoms with Crippen LogP contribution in [0.1, 0.15) is 20.7 Å². The van der Waals surface area contributed by atoms with E-state index in [-0.39, 0.29) is 5.91 Å². The molecule has 4 N–H and O–H groups in total. The number of carbonyl (C=O) groups is 2. The molecule has 0 aliphatic carbocycles. The summed E-state index contributed by atoms with van der Waals surface area (Å²) in [4.78, 5) is 33.1. The summed E-state index contributed by atoms with van der Waals surface area (Å²) in [5, 5.41) is 6.49. The van der Waals surface area contributed by atoms with Crippen molar-refractivity contribution in [3.63, 3.8) is 0 Å². The minimum atomic E-state index is -0.545. The lowest BCUT2D eigenvalue weighted by atomic mass is 10.1. The topological polar surface area (TPSA) is 113 Å². The SMILES string of the molecule is NC(=O)c1ccc(N2CCNCC2)nc1Nc1ccc(C(=O)N2CCOCC2)cc1. The molecule has 2 amide bonds. The first-order chi connectivity index (χ1) is 14.6. The predicted molar refractivity (Wildman–Crippen MR) is 114 cm³/mol. The standard InChI is InChI=1S/C21H26N6O3/c22-19(28)17-5-6-18(26-9-7-23-8-10-26)25-20(17)24-16-3-1-15(2-4-16)21(29)27-11-13-30-14-12-27/h1-6,23H,7-14H2,(H2,22,28)(H,24,25). The molecule has 2 fully saturated rings. The number of nitrogens with zero attached hydrogens (tertiary/aromatic N) is 3. The van der Waals surface area contributed by atoms with Gasteiger partial charge in [0.2, 0.25) is 0 Å². The molecule has 0 unspecified atom stereocenters. The highest BCUT2D eigenvalue weighted by Crippen LogP contribution is 2.24. The van der Waals surface area contributed by atoms with Crippen molar-refractivity contribution in [2.24, 2.45) is 5.73 Å². The molecular formula is C21H26N6O3. The van der Waals surface area contributed by atoms with Crippen LogP contribution >= 0.6 is 0 Å². The zero-order valence-corrected chi connectivity index (χ0v) is 16.8. The zero-order chi connectivity index (χ0) is 20.9. The van der Waals surface area contributed by atoms with Crippen molar-refractivity contribution in [2.75, 3.05) is 62.7 Å². The van der Waals surface area contributed by atoms with Crippen LogP contribution in [0.5, 0.6) is 0 Å². The summed E-state index contributed by atoms with van der Waals surface area (Å²) in [6.45, 7) is 5.81. The average Bonchev–Trinajstić information content (AvgIpc) is 2.80. The van der Waals surface area contributed by atoms with Gasteiger partial charge in [0.1, 0.15) is 11.6 Å². The summed E-state index contributed by atoms with van der Waals surface area (Å²) >= 11 is 0. The molecule has 0 saturated carbocycles. The van der Waals surface area contributed by atoms with Crippen molar-refractivity contribution in [2.45, 2.75) is 0 Å². The van der Waals surface area contributed by atoms with Crippen LogP contribution in [0.25, 0.3) is 0 Å². The molecule has 2 aromatic rings. The Labute approximate surface area is 175 Å². The molecule has 0 atom stereocenters. The predicted octanol–water partition coefficient (Wildman–Crippen LogP) is 0.806. The van der Waals surface area contributed by atoms with E-state index in [1.165, 1.54) is 0 Å². The summed E-state index contributed by atoms with van der Waals surface area (Å²) in [7, 11) is 0. The number of anilines is 3. The van der Waals surface area contributed by atoms with Crippen molar-refractivity contribution in [3.05, 3.63) is 47.5 Å². The fourth-order valence-electron chi connectivity index (χ4n) is 3.59. The van der Waals surface area contributed by atoms with Crippen molar-refractivity contribution in [3.8, 4) is 0 Å². The number of pyridine rings is 1. The number of morpholine rings is 1. The van der Waals surface area contributed by atoms with Gasteiger partial charge in [-0.1, -0.05) is 0 Å². The second-order valence-electron chi connectivity index (χ2n) is 7.27. The van der Waals surface area contributed by atoms with Crippen LogP contribution in [0.15, 0.2) is 36.4 Å². The maximum atomic E-state index is 12.6. The Morgan fingerprint density at radius 1 is 1.00 bits per heavy atom. The summed E-state index contributed by atoms with van der Waals surface area (Å²) < 4.78 is 5.30. The fourth-order valence-corrected chi connectivity index (χ4v) is 3.59. The molecule has 4 rings (SSSR count). The summed E-state index contributed by atoms with van der Waals surface area (Å²) in [5.74, 6) is 0.645. The second-order valence-corrected chi connectivity index (χ2v) is 7.27. The van der Waals surface area contributed by atoms with Gasteiger partial charge in [-0.15, -0.1) is 0 Å². The molecule has 2 aliphatic rings. The number of nitrogens with two attached hydrogens (primary N) is 1. The van der Waals surface area contributed by atoms with Gasteiger partial charge >= 0.3 is 0 Å². The van der Waals surface area contributed by atoms with Gasteiger partial charge in [-0.2, -0.15) is 0 Å². The maximum Gasteiger partial charge on any atom is 0.254 e. The number of benzene rings is 1. The number of hydrogen-bond acceptors (Lipinski definition) is 7. The lowest BCUT2D eigenvalue weighted by Gasteiger charge is -2.29. The van der Waals surface area contributed by atoms with Crippen LogP contribution in [0.2, 0.25) is 0 Å². The lowest BCUT2D eigenvalue weighted by Crippen LogP contribution is -2.44. The number of piperazine rings is 1. The Hall–Kier alpha value is -3.17. The molecule has 1 aromatic heterocycles. The minimum Gasteiger partial charge on any atom is -0.378 e. The van der Waals surface area contributed by atoms with Gasteiger partial charge in [0.05, 0.1) is 18.8 Å². The minimum absolute atomic E-state index is 0.0125. The van der Waals surface area contributed by atoms with Gasteiger partial charge in [0.25, 0.3) is 11.8 Å². The molecule has 1 aromatic carbocycles. The van der Waals surface area contributed by atoms with Crippen LogP contribution in [-0.2, 0) is 4.74 Å². The molecule has 158 valence electrons. The maximum absolute atomic E-state index is 12.6. The molecule has 2 saturated heterocycles. The van der Waals surface area contributed by atoms with Gasteiger partial charge in [-0.25, -0.2) is 4.98 Å². The van der Waals surface area contributed by atoms with E-state index < -0.39 is 5.91 Å². The third kappa shape index (κ3) is 4.52. The first-order valence-corrected chi connectivity index (χ1v) is 10.1. The van der Waals surface area contributed by atoms with Crippen molar-refractivity contribution in [1.82, 2.24) is 15.2 Å². The number of carbonyl (C=O) groups excluding carboxylic acids is 2. The number of hydrogen-bond donors (Lipinski definition) is 3. The highest BCUT2D eigenvalue weighted by Gasteiger charge is 2.19. The van der Waals surface area contributed by atoms with Gasteiger partial charge in [-0.3, -0.25) is 9.59 Å². The quantitative estimate of drug-likeness (QED) is 0.668. The second kappa shape index (κ2) is 9.10. The van der Waals surface area contributed by atoms with Crippen LogP contribution < -0.4 is 21.3 Å². The van der Waals surface area contributed by atoms with Crippen LogP contribution in [0.4, 0.5) is 17.3 Å². The fraction of sp³-hybridized carbons (Fsp3) is 0.381. The Morgan fingerprint density at radius 2 is 1.70 bits per heavy atom. The summed E-state index contributed by atoms with van der Waals surface area (Å²) in [6.07, 6.45) is 0. The molecule has 3 heterocycles. The number of rotatable bonds is 5. The van der Waals surface area contributed by atoms with E-state index in [1.54, 1.807) is 35.2 Å². The Morgan fingerprint density at radius 3 is 2.37 bits per heavy atom. The van der Waals surface area contributed by atoms with Crippen LogP contribution in [0.3, 0.4) is 0 Å². The molecule has 9 heteroatoms. The highest BCUT2D eigenvalue weighted by molar-refractivity contribution is 5.99. The lowest BCUT2D eigenvalue weighted by molar-refractivity contribution is 0.0303. The normalized spacial score (nSPS) is 16.9. The Bertz CT molecular complexity index is 905. The third-order valence-corrected chi connectivity index (χ3v) is 5.28. The Balaban J connectivity index is 1.52. The van der Waals surface area contributed by atoms with E-state index in [1.807, 2.05) is 6.07 Å². The van der Waals surface area contributed by atoms with E-state index in [4.69, 9.17) is 10.5 Å². The average molecular weight is 410 g/mol. The molecule has 0 bridgehead atoms.